The molecule has 42 heavy (non-hydrogen) atoms. The Morgan fingerprint density at radius 2 is 1.48 bits per heavy atom. The van der Waals surface area contributed by atoms with E-state index in [1.165, 1.54) is 31.2 Å². The summed E-state index contributed by atoms with van der Waals surface area (Å²) in [6.45, 7) is 0.702. The minimum Gasteiger partial charge on any atom is -0.508 e. The molecule has 2 aliphatic rings. The number of aliphatic hydroxyl groups is 6. The summed E-state index contributed by atoms with van der Waals surface area (Å²) >= 11 is 0. The fourth-order valence-electron chi connectivity index (χ4n) is 4.92. The number of benzene rings is 2. The minimum absolute atomic E-state index is 0.0898. The maximum Gasteiger partial charge on any atom is 0.239 e. The molecule has 0 bridgehead atoms. The molecule has 0 spiro atoms. The Labute approximate surface area is 236 Å². The van der Waals surface area contributed by atoms with Crippen molar-refractivity contribution in [2.75, 3.05) is 6.61 Å². The molecule has 3 aromatic rings. The van der Waals surface area contributed by atoms with Gasteiger partial charge < -0.3 is 69.3 Å². The van der Waals surface area contributed by atoms with Gasteiger partial charge in [0.15, 0.2) is 12.1 Å². The van der Waals surface area contributed by atoms with E-state index in [1.807, 2.05) is 0 Å². The molecule has 2 aliphatic heterocycles. The number of fused-ring (bicyclic) bond motifs is 1. The molecule has 0 aliphatic carbocycles. The highest BCUT2D eigenvalue weighted by molar-refractivity contribution is 5.88. The first kappa shape index (κ1) is 30.0. The molecule has 5 rings (SSSR count). The van der Waals surface area contributed by atoms with Crippen molar-refractivity contribution in [2.24, 2.45) is 0 Å². The number of phenols is 3. The topological polar surface area (TPSA) is 249 Å². The first-order valence-corrected chi connectivity index (χ1v) is 12.9. The first-order valence-electron chi connectivity index (χ1n) is 12.9. The van der Waals surface area contributed by atoms with Crippen LogP contribution in [0.15, 0.2) is 45.6 Å². The maximum absolute atomic E-state index is 13.5. The van der Waals surface area contributed by atoms with E-state index in [4.69, 9.17) is 23.4 Å². The minimum atomic E-state index is -1.88. The van der Waals surface area contributed by atoms with Gasteiger partial charge in [0, 0.05) is 17.7 Å². The Kier molecular flexibility index (Phi) is 8.30. The van der Waals surface area contributed by atoms with Crippen LogP contribution in [0.3, 0.4) is 0 Å². The molecule has 228 valence electrons. The highest BCUT2D eigenvalue weighted by Crippen LogP contribution is 2.38. The van der Waals surface area contributed by atoms with Crippen molar-refractivity contribution in [3.05, 3.63) is 46.6 Å². The number of phenolic OH excluding ortho intramolecular Hbond substituents is 3. The van der Waals surface area contributed by atoms with E-state index < -0.39 is 84.9 Å². The lowest BCUT2D eigenvalue weighted by Crippen LogP contribution is -2.64. The molecular weight excluding hydrogens is 564 g/mol. The lowest BCUT2D eigenvalue weighted by atomic mass is 9.97. The standard InChI is InChI=1S/C27H30O15/c1-9-23(41-27-21(36)19(34)17(32)15(8-28)40-27)20(35)22(37)26(38-9)42-25-18(33)16-13(31)6-12(30)7-14(16)39-24(25)10-2-4-11(29)5-3-10/h2-7,9,15,17,19-23,26-32,34-37H,8H2,1H3/t9-,15+,17+,19-,20-,21+,22+,23-,26-,27-/m1/s1. The Balaban J connectivity index is 1.45. The number of rotatable bonds is 6. The van der Waals surface area contributed by atoms with Crippen LogP contribution in [0.4, 0.5) is 0 Å². The monoisotopic (exact) mass is 594 g/mol. The van der Waals surface area contributed by atoms with Crippen LogP contribution in [0.25, 0.3) is 22.3 Å². The van der Waals surface area contributed by atoms with Gasteiger partial charge in [0.05, 0.1) is 12.7 Å². The number of hydrogen-bond acceptors (Lipinski definition) is 15. The van der Waals surface area contributed by atoms with Gasteiger partial charge in [-0.25, -0.2) is 0 Å². The summed E-state index contributed by atoms with van der Waals surface area (Å²) in [6.07, 6.45) is -15.9. The van der Waals surface area contributed by atoms with Crippen molar-refractivity contribution >= 4 is 11.0 Å². The van der Waals surface area contributed by atoms with Crippen molar-refractivity contribution in [3.8, 4) is 34.3 Å². The molecule has 1 aromatic heterocycles. The SMILES string of the molecule is C[C@H]1O[C@H](Oc2c(-c3ccc(O)cc3)oc3cc(O)cc(O)c3c2=O)[C@@H](O)[C@@H](O)[C@@H]1O[C@H]1O[C@@H](CO)[C@H](O)[C@@H](O)[C@@H]1O. The van der Waals surface area contributed by atoms with Crippen molar-refractivity contribution in [1.29, 1.82) is 0 Å². The van der Waals surface area contributed by atoms with Crippen LogP contribution in [0.1, 0.15) is 6.92 Å². The van der Waals surface area contributed by atoms with E-state index in [9.17, 15) is 50.8 Å². The zero-order chi connectivity index (χ0) is 30.5. The summed E-state index contributed by atoms with van der Waals surface area (Å²) in [5.74, 6) is -1.84. The van der Waals surface area contributed by atoms with Gasteiger partial charge in [-0.05, 0) is 31.2 Å². The van der Waals surface area contributed by atoms with Gasteiger partial charge in [-0.15, -0.1) is 0 Å². The zero-order valence-electron chi connectivity index (χ0n) is 21.9. The van der Waals surface area contributed by atoms with Crippen LogP contribution in [-0.2, 0) is 14.2 Å². The van der Waals surface area contributed by atoms with Crippen molar-refractivity contribution in [2.45, 2.75) is 68.3 Å². The third-order valence-electron chi connectivity index (χ3n) is 7.20. The molecule has 2 saturated heterocycles. The van der Waals surface area contributed by atoms with E-state index in [1.54, 1.807) is 0 Å². The molecular formula is C27H30O15. The van der Waals surface area contributed by atoms with Crippen LogP contribution in [0.5, 0.6) is 23.0 Å². The molecule has 3 heterocycles. The maximum atomic E-state index is 13.5. The van der Waals surface area contributed by atoms with Gasteiger partial charge in [-0.3, -0.25) is 4.79 Å². The summed E-state index contributed by atoms with van der Waals surface area (Å²) < 4.78 is 28.2. The van der Waals surface area contributed by atoms with Gasteiger partial charge in [0.2, 0.25) is 17.5 Å². The molecule has 10 atom stereocenters. The normalized spacial score (nSPS) is 33.5. The van der Waals surface area contributed by atoms with Crippen LogP contribution < -0.4 is 10.2 Å². The Morgan fingerprint density at radius 1 is 0.810 bits per heavy atom. The van der Waals surface area contributed by atoms with Gasteiger partial charge in [0.1, 0.15) is 70.9 Å². The summed E-state index contributed by atoms with van der Waals surface area (Å²) in [5, 5.41) is 91.2. The number of aromatic hydroxyl groups is 3. The molecule has 0 unspecified atom stereocenters. The Hall–Kier alpha value is -3.51. The summed E-state index contributed by atoms with van der Waals surface area (Å²) in [4.78, 5) is 13.5. The number of aliphatic hydroxyl groups excluding tert-OH is 6. The van der Waals surface area contributed by atoms with Crippen LogP contribution >= 0.6 is 0 Å². The van der Waals surface area contributed by atoms with Crippen molar-refractivity contribution < 1.29 is 69.3 Å². The second kappa shape index (κ2) is 11.6. The van der Waals surface area contributed by atoms with E-state index in [-0.39, 0.29) is 33.8 Å². The lowest BCUT2D eigenvalue weighted by molar-refractivity contribution is -0.348. The summed E-state index contributed by atoms with van der Waals surface area (Å²) in [5.41, 5.74) is -0.874. The van der Waals surface area contributed by atoms with E-state index in [0.717, 1.165) is 12.1 Å². The lowest BCUT2D eigenvalue weighted by Gasteiger charge is -2.45. The van der Waals surface area contributed by atoms with Crippen LogP contribution in [0.2, 0.25) is 0 Å². The molecule has 2 fully saturated rings. The molecule has 9 N–H and O–H groups in total. The molecule has 15 nitrogen and oxygen atoms in total. The van der Waals surface area contributed by atoms with Crippen LogP contribution in [-0.4, -0.2) is 114 Å². The second-order valence-corrected chi connectivity index (χ2v) is 10.1. The third-order valence-corrected chi connectivity index (χ3v) is 7.20. The average molecular weight is 595 g/mol. The fraction of sp³-hybridized carbons (Fsp3) is 0.444. The van der Waals surface area contributed by atoms with E-state index >= 15 is 0 Å². The van der Waals surface area contributed by atoms with Gasteiger partial charge >= 0.3 is 0 Å². The molecule has 0 saturated carbocycles. The highest BCUT2D eigenvalue weighted by atomic mass is 16.7. The first-order chi connectivity index (χ1) is 19.9. The predicted octanol–water partition coefficient (Wildman–Crippen LogP) is -1.39. The van der Waals surface area contributed by atoms with Gasteiger partial charge in [0.25, 0.3) is 0 Å². The third kappa shape index (κ3) is 5.37. The Morgan fingerprint density at radius 3 is 2.14 bits per heavy atom. The van der Waals surface area contributed by atoms with Crippen molar-refractivity contribution in [1.82, 2.24) is 0 Å². The molecule has 0 amide bonds. The summed E-state index contributed by atoms with van der Waals surface area (Å²) in [6, 6.07) is 7.43. The molecule has 0 radical (unpaired) electrons. The quantitative estimate of drug-likeness (QED) is 0.159. The van der Waals surface area contributed by atoms with E-state index in [0.29, 0.717) is 0 Å². The largest absolute Gasteiger partial charge is 0.508 e. The number of ether oxygens (including phenoxy) is 4. The van der Waals surface area contributed by atoms with E-state index in [2.05, 4.69) is 0 Å². The van der Waals surface area contributed by atoms with Gasteiger partial charge in [-0.1, -0.05) is 0 Å². The number of hydrogen-bond donors (Lipinski definition) is 9. The second-order valence-electron chi connectivity index (χ2n) is 10.1. The zero-order valence-corrected chi connectivity index (χ0v) is 21.9. The smallest absolute Gasteiger partial charge is 0.239 e. The highest BCUT2D eigenvalue weighted by Gasteiger charge is 2.50. The predicted molar refractivity (Wildman–Crippen MR) is 139 cm³/mol. The Bertz CT molecular complexity index is 1470. The van der Waals surface area contributed by atoms with Crippen molar-refractivity contribution in [3.63, 3.8) is 0 Å². The van der Waals surface area contributed by atoms with Gasteiger partial charge in [-0.2, -0.15) is 0 Å². The molecule has 2 aromatic carbocycles. The summed E-state index contributed by atoms with van der Waals surface area (Å²) in [7, 11) is 0. The average Bonchev–Trinajstić information content (AvgIpc) is 2.95. The molecule has 15 heteroatoms. The fourth-order valence-corrected chi connectivity index (χ4v) is 4.92. The van der Waals surface area contributed by atoms with Crippen LogP contribution in [0, 0.1) is 0 Å².